The maximum absolute atomic E-state index is 13.2. The number of nitrogens with zero attached hydrogens (tertiary/aromatic N) is 2. The first kappa shape index (κ1) is 20.6. The van der Waals surface area contributed by atoms with E-state index in [1.807, 2.05) is 49.4 Å². The second kappa shape index (κ2) is 9.00. The summed E-state index contributed by atoms with van der Waals surface area (Å²) in [6.45, 7) is 3.58. The Labute approximate surface area is 181 Å². The van der Waals surface area contributed by atoms with E-state index in [1.54, 1.807) is 28.0 Å². The van der Waals surface area contributed by atoms with Crippen molar-refractivity contribution in [2.75, 3.05) is 23.3 Å². The van der Waals surface area contributed by atoms with Crippen molar-refractivity contribution in [1.29, 1.82) is 0 Å². The van der Waals surface area contributed by atoms with Gasteiger partial charge in [0.05, 0.1) is 0 Å². The largest absolute Gasteiger partial charge is 0.324 e. The number of halogens is 1. The molecule has 1 heterocycles. The number of hydrogen-bond acceptors (Lipinski definition) is 2. The Kier molecular flexibility index (Phi) is 5.98. The first-order valence-corrected chi connectivity index (χ1v) is 10.3. The highest BCUT2D eigenvalue weighted by molar-refractivity contribution is 6.05. The normalized spacial score (nSPS) is 13.9. The summed E-state index contributed by atoms with van der Waals surface area (Å²) in [6, 6.07) is 20.8. The van der Waals surface area contributed by atoms with Gasteiger partial charge < -0.3 is 10.2 Å². The van der Waals surface area contributed by atoms with Crippen LogP contribution in [0, 0.1) is 12.7 Å². The van der Waals surface area contributed by atoms with Crippen molar-refractivity contribution in [3.8, 4) is 0 Å². The smallest absolute Gasteiger partial charge is 0.322 e. The van der Waals surface area contributed by atoms with Crippen LogP contribution in [-0.2, 0) is 6.54 Å². The fourth-order valence-electron chi connectivity index (χ4n) is 3.76. The molecule has 1 N–H and O–H groups in total. The Morgan fingerprint density at radius 2 is 1.77 bits per heavy atom. The summed E-state index contributed by atoms with van der Waals surface area (Å²) in [5.41, 5.74) is 3.77. The monoisotopic (exact) mass is 417 g/mol. The molecule has 1 aliphatic rings. The van der Waals surface area contributed by atoms with Crippen molar-refractivity contribution in [3.63, 3.8) is 0 Å². The van der Waals surface area contributed by atoms with Crippen LogP contribution in [0.3, 0.4) is 0 Å². The molecule has 3 amide bonds. The SMILES string of the molecule is Cc1ccccc1C(=O)Nc1cccc(N2CCCN(Cc3ccc(F)cc3)C2=O)c1. The first-order valence-electron chi connectivity index (χ1n) is 10.3. The van der Waals surface area contributed by atoms with E-state index in [0.717, 1.165) is 23.2 Å². The molecule has 3 aromatic carbocycles. The van der Waals surface area contributed by atoms with E-state index < -0.39 is 0 Å². The molecule has 3 aromatic rings. The van der Waals surface area contributed by atoms with E-state index in [0.29, 0.717) is 30.9 Å². The highest BCUT2D eigenvalue weighted by Gasteiger charge is 2.27. The lowest BCUT2D eigenvalue weighted by molar-refractivity contribution is 0.102. The van der Waals surface area contributed by atoms with Crippen LogP contribution in [-0.4, -0.2) is 29.9 Å². The number of hydrogen-bond donors (Lipinski definition) is 1. The van der Waals surface area contributed by atoms with Gasteiger partial charge in [-0.2, -0.15) is 0 Å². The number of aryl methyl sites for hydroxylation is 1. The van der Waals surface area contributed by atoms with Crippen LogP contribution in [0.2, 0.25) is 0 Å². The molecule has 4 rings (SSSR count). The lowest BCUT2D eigenvalue weighted by Gasteiger charge is -2.36. The number of anilines is 2. The van der Waals surface area contributed by atoms with Crippen molar-refractivity contribution < 1.29 is 14.0 Å². The molecule has 0 aromatic heterocycles. The Morgan fingerprint density at radius 1 is 1.00 bits per heavy atom. The van der Waals surface area contributed by atoms with Crippen molar-refractivity contribution in [2.24, 2.45) is 0 Å². The summed E-state index contributed by atoms with van der Waals surface area (Å²) in [4.78, 5) is 29.2. The summed E-state index contributed by atoms with van der Waals surface area (Å²) in [5, 5.41) is 2.92. The number of carbonyl (C=O) groups excluding carboxylic acids is 2. The molecular formula is C25H24FN3O2. The predicted octanol–water partition coefficient (Wildman–Crippen LogP) is 5.22. The minimum atomic E-state index is -0.292. The zero-order valence-electron chi connectivity index (χ0n) is 17.3. The molecule has 0 atom stereocenters. The lowest BCUT2D eigenvalue weighted by Crippen LogP contribution is -2.49. The average Bonchev–Trinajstić information content (AvgIpc) is 2.77. The van der Waals surface area contributed by atoms with Gasteiger partial charge in [-0.25, -0.2) is 9.18 Å². The number of benzene rings is 3. The maximum atomic E-state index is 13.2. The second-order valence-corrected chi connectivity index (χ2v) is 7.66. The standard InChI is InChI=1S/C25H24FN3O2/c1-18-6-2-3-9-23(18)24(30)27-21-7-4-8-22(16-21)29-15-5-14-28(25(29)31)17-19-10-12-20(26)13-11-19/h2-4,6-13,16H,5,14-15,17H2,1H3,(H,27,30). The Bertz CT molecular complexity index is 1100. The zero-order valence-corrected chi connectivity index (χ0v) is 17.3. The van der Waals surface area contributed by atoms with Gasteiger partial charge in [-0.15, -0.1) is 0 Å². The van der Waals surface area contributed by atoms with Gasteiger partial charge in [-0.1, -0.05) is 36.4 Å². The van der Waals surface area contributed by atoms with Gasteiger partial charge in [0.2, 0.25) is 0 Å². The molecule has 0 radical (unpaired) electrons. The summed E-state index contributed by atoms with van der Waals surface area (Å²) in [7, 11) is 0. The third-order valence-electron chi connectivity index (χ3n) is 5.40. The van der Waals surface area contributed by atoms with E-state index in [4.69, 9.17) is 0 Å². The molecule has 5 nitrogen and oxygen atoms in total. The summed E-state index contributed by atoms with van der Waals surface area (Å²) >= 11 is 0. The third kappa shape index (κ3) is 4.74. The van der Waals surface area contributed by atoms with Crippen molar-refractivity contribution in [3.05, 3.63) is 95.3 Å². The van der Waals surface area contributed by atoms with Gasteiger partial charge in [0.25, 0.3) is 5.91 Å². The van der Waals surface area contributed by atoms with Gasteiger partial charge in [-0.3, -0.25) is 9.69 Å². The number of urea groups is 1. The van der Waals surface area contributed by atoms with E-state index in [2.05, 4.69) is 5.32 Å². The lowest BCUT2D eigenvalue weighted by atomic mass is 10.1. The Morgan fingerprint density at radius 3 is 2.55 bits per heavy atom. The molecule has 0 unspecified atom stereocenters. The third-order valence-corrected chi connectivity index (χ3v) is 5.40. The molecular weight excluding hydrogens is 393 g/mol. The summed E-state index contributed by atoms with van der Waals surface area (Å²) in [6.07, 6.45) is 0.826. The highest BCUT2D eigenvalue weighted by atomic mass is 19.1. The molecule has 1 aliphatic heterocycles. The number of nitrogens with one attached hydrogen (secondary N) is 1. The van der Waals surface area contributed by atoms with Gasteiger partial charge in [0.15, 0.2) is 0 Å². The Balaban J connectivity index is 1.48. The molecule has 31 heavy (non-hydrogen) atoms. The van der Waals surface area contributed by atoms with Crippen LogP contribution in [0.1, 0.15) is 27.9 Å². The van der Waals surface area contributed by atoms with Crippen molar-refractivity contribution in [1.82, 2.24) is 4.90 Å². The van der Waals surface area contributed by atoms with Crippen LogP contribution in [0.4, 0.5) is 20.6 Å². The fourth-order valence-corrected chi connectivity index (χ4v) is 3.76. The van der Waals surface area contributed by atoms with Crippen LogP contribution >= 0.6 is 0 Å². The van der Waals surface area contributed by atoms with Crippen LogP contribution in [0.25, 0.3) is 0 Å². The number of rotatable bonds is 5. The maximum Gasteiger partial charge on any atom is 0.324 e. The molecule has 1 saturated heterocycles. The average molecular weight is 417 g/mol. The molecule has 0 aliphatic carbocycles. The number of amides is 3. The molecule has 0 spiro atoms. The second-order valence-electron chi connectivity index (χ2n) is 7.66. The van der Waals surface area contributed by atoms with E-state index in [9.17, 15) is 14.0 Å². The van der Waals surface area contributed by atoms with E-state index in [-0.39, 0.29) is 17.8 Å². The van der Waals surface area contributed by atoms with E-state index in [1.165, 1.54) is 12.1 Å². The number of carbonyl (C=O) groups is 2. The van der Waals surface area contributed by atoms with Crippen LogP contribution < -0.4 is 10.2 Å². The summed E-state index contributed by atoms with van der Waals surface area (Å²) in [5.74, 6) is -0.474. The Hall–Kier alpha value is -3.67. The van der Waals surface area contributed by atoms with E-state index >= 15 is 0 Å². The van der Waals surface area contributed by atoms with Gasteiger partial charge in [-0.05, 0) is 60.9 Å². The molecule has 158 valence electrons. The highest BCUT2D eigenvalue weighted by Crippen LogP contribution is 2.25. The molecule has 1 fully saturated rings. The quantitative estimate of drug-likeness (QED) is 0.619. The van der Waals surface area contributed by atoms with Crippen molar-refractivity contribution in [2.45, 2.75) is 19.9 Å². The van der Waals surface area contributed by atoms with Gasteiger partial charge in [0, 0.05) is 36.6 Å². The first-order chi connectivity index (χ1) is 15.0. The van der Waals surface area contributed by atoms with Crippen LogP contribution in [0.15, 0.2) is 72.8 Å². The molecule has 6 heteroatoms. The van der Waals surface area contributed by atoms with Crippen LogP contribution in [0.5, 0.6) is 0 Å². The zero-order chi connectivity index (χ0) is 21.8. The van der Waals surface area contributed by atoms with Gasteiger partial charge in [0.1, 0.15) is 5.82 Å². The predicted molar refractivity (Wildman–Crippen MR) is 120 cm³/mol. The minimum absolute atomic E-state index is 0.0991. The molecule has 0 saturated carbocycles. The molecule has 0 bridgehead atoms. The fraction of sp³-hybridized carbons (Fsp3) is 0.200. The van der Waals surface area contributed by atoms with Gasteiger partial charge >= 0.3 is 6.03 Å². The topological polar surface area (TPSA) is 52.7 Å². The minimum Gasteiger partial charge on any atom is -0.322 e. The summed E-state index contributed by atoms with van der Waals surface area (Å²) < 4.78 is 13.2. The van der Waals surface area contributed by atoms with Crippen molar-refractivity contribution >= 4 is 23.3 Å².